The summed E-state index contributed by atoms with van der Waals surface area (Å²) >= 11 is 0. The number of para-hydroxylation sites is 2. The van der Waals surface area contributed by atoms with Crippen LogP contribution in [0.2, 0.25) is 0 Å². The predicted molar refractivity (Wildman–Crippen MR) is 70.0 cm³/mol. The van der Waals surface area contributed by atoms with E-state index >= 15 is 0 Å². The summed E-state index contributed by atoms with van der Waals surface area (Å²) in [4.78, 5) is 0. The van der Waals surface area contributed by atoms with E-state index in [9.17, 15) is 5.11 Å². The van der Waals surface area contributed by atoms with Gasteiger partial charge < -0.3 is 10.4 Å². The molecule has 0 heterocycles. The van der Waals surface area contributed by atoms with Gasteiger partial charge in [-0.15, -0.1) is 0 Å². The highest BCUT2D eigenvalue weighted by atomic mass is 16.3. The second-order valence-electron chi connectivity index (χ2n) is 4.70. The van der Waals surface area contributed by atoms with Gasteiger partial charge >= 0.3 is 0 Å². The first-order valence-corrected chi connectivity index (χ1v) is 6.17. The Bertz CT molecular complexity index is 316. The molecule has 0 aliphatic carbocycles. The molecule has 0 unspecified atom stereocenters. The molecule has 16 heavy (non-hydrogen) atoms. The third kappa shape index (κ3) is 3.44. The first-order chi connectivity index (χ1) is 7.61. The molecule has 0 saturated carbocycles. The average Bonchev–Trinajstić information content (AvgIpc) is 2.22. The number of rotatable bonds is 6. The number of hydrogen-bond acceptors (Lipinski definition) is 2. The molecule has 0 spiro atoms. The van der Waals surface area contributed by atoms with Crippen LogP contribution in [0.5, 0.6) is 5.75 Å². The Balaban J connectivity index is 2.79. The summed E-state index contributed by atoms with van der Waals surface area (Å²) in [5.74, 6) is 0.334. The van der Waals surface area contributed by atoms with Crippen molar-refractivity contribution >= 4 is 5.69 Å². The van der Waals surface area contributed by atoms with Crippen LogP contribution in [0, 0.1) is 0 Å². The number of benzene rings is 1. The Kier molecular flexibility index (Phi) is 4.66. The zero-order chi connectivity index (χ0) is 12.0. The molecular weight excluding hydrogens is 198 g/mol. The van der Waals surface area contributed by atoms with E-state index in [1.165, 1.54) is 0 Å². The summed E-state index contributed by atoms with van der Waals surface area (Å²) in [6, 6.07) is 7.44. The van der Waals surface area contributed by atoms with Gasteiger partial charge in [-0.05, 0) is 31.9 Å². The van der Waals surface area contributed by atoms with Gasteiger partial charge in [0.1, 0.15) is 5.75 Å². The summed E-state index contributed by atoms with van der Waals surface area (Å²) in [7, 11) is 0. The monoisotopic (exact) mass is 221 g/mol. The summed E-state index contributed by atoms with van der Waals surface area (Å²) in [6.45, 7) is 6.62. The Labute approximate surface area is 98.7 Å². The van der Waals surface area contributed by atoms with Crippen molar-refractivity contribution in [2.45, 2.75) is 52.0 Å². The SMILES string of the molecule is CCCC(C)(CCC)Nc1ccccc1O. The van der Waals surface area contributed by atoms with Crippen LogP contribution in [-0.4, -0.2) is 10.6 Å². The topological polar surface area (TPSA) is 32.3 Å². The van der Waals surface area contributed by atoms with E-state index in [2.05, 4.69) is 26.1 Å². The maximum atomic E-state index is 9.75. The van der Waals surface area contributed by atoms with Crippen molar-refractivity contribution in [3.8, 4) is 5.75 Å². The van der Waals surface area contributed by atoms with E-state index in [0.29, 0.717) is 5.75 Å². The maximum absolute atomic E-state index is 9.75. The summed E-state index contributed by atoms with van der Waals surface area (Å²) in [6.07, 6.45) is 4.54. The van der Waals surface area contributed by atoms with Gasteiger partial charge in [0.25, 0.3) is 0 Å². The first-order valence-electron chi connectivity index (χ1n) is 6.17. The first kappa shape index (κ1) is 12.9. The number of hydrogen-bond donors (Lipinski definition) is 2. The van der Waals surface area contributed by atoms with Crippen molar-refractivity contribution in [2.75, 3.05) is 5.32 Å². The molecule has 2 heteroatoms. The van der Waals surface area contributed by atoms with Crippen LogP contribution >= 0.6 is 0 Å². The van der Waals surface area contributed by atoms with Gasteiger partial charge in [-0.1, -0.05) is 38.8 Å². The fourth-order valence-electron chi connectivity index (χ4n) is 2.26. The molecule has 0 saturated heterocycles. The van der Waals surface area contributed by atoms with E-state index in [0.717, 1.165) is 31.4 Å². The summed E-state index contributed by atoms with van der Waals surface area (Å²) in [5.41, 5.74) is 0.925. The van der Waals surface area contributed by atoms with Crippen LogP contribution < -0.4 is 5.32 Å². The van der Waals surface area contributed by atoms with Crippen LogP contribution in [0.3, 0.4) is 0 Å². The standard InChI is InChI=1S/C14H23NO/c1-4-10-14(3,11-5-2)15-12-8-6-7-9-13(12)16/h6-9,15-16H,4-5,10-11H2,1-3H3. The van der Waals surface area contributed by atoms with E-state index in [4.69, 9.17) is 0 Å². The molecule has 0 fully saturated rings. The Morgan fingerprint density at radius 1 is 1.12 bits per heavy atom. The quantitative estimate of drug-likeness (QED) is 0.707. The number of aromatic hydroxyl groups is 1. The molecule has 2 N–H and O–H groups in total. The van der Waals surface area contributed by atoms with Crippen molar-refractivity contribution in [1.82, 2.24) is 0 Å². The van der Waals surface area contributed by atoms with Gasteiger partial charge in [0.05, 0.1) is 5.69 Å². The third-order valence-electron chi connectivity index (χ3n) is 2.94. The lowest BCUT2D eigenvalue weighted by atomic mass is 9.90. The Morgan fingerprint density at radius 3 is 2.19 bits per heavy atom. The van der Waals surface area contributed by atoms with Crippen molar-refractivity contribution < 1.29 is 5.11 Å². The molecular formula is C14H23NO. The number of anilines is 1. The maximum Gasteiger partial charge on any atom is 0.138 e. The largest absolute Gasteiger partial charge is 0.506 e. The molecule has 0 aromatic heterocycles. The lowest BCUT2D eigenvalue weighted by Gasteiger charge is -2.32. The molecule has 0 aliphatic heterocycles. The predicted octanol–water partition coefficient (Wildman–Crippen LogP) is 4.16. The molecule has 1 rings (SSSR count). The molecule has 2 nitrogen and oxygen atoms in total. The van der Waals surface area contributed by atoms with Crippen LogP contribution in [0.1, 0.15) is 46.5 Å². The molecule has 0 aliphatic rings. The van der Waals surface area contributed by atoms with Gasteiger partial charge in [-0.2, -0.15) is 0 Å². The van der Waals surface area contributed by atoms with Gasteiger partial charge in [0, 0.05) is 5.54 Å². The normalized spacial score (nSPS) is 11.4. The number of nitrogens with one attached hydrogen (secondary N) is 1. The average molecular weight is 221 g/mol. The van der Waals surface area contributed by atoms with E-state index in [1.54, 1.807) is 6.07 Å². The summed E-state index contributed by atoms with van der Waals surface area (Å²) < 4.78 is 0. The van der Waals surface area contributed by atoms with Gasteiger partial charge in [0.15, 0.2) is 0 Å². The zero-order valence-corrected chi connectivity index (χ0v) is 10.6. The van der Waals surface area contributed by atoms with E-state index in [1.807, 2.05) is 18.2 Å². The van der Waals surface area contributed by atoms with Gasteiger partial charge in [0.2, 0.25) is 0 Å². The van der Waals surface area contributed by atoms with Crippen molar-refractivity contribution in [2.24, 2.45) is 0 Å². The van der Waals surface area contributed by atoms with Crippen LogP contribution in [-0.2, 0) is 0 Å². The molecule has 0 atom stereocenters. The molecule has 1 aromatic rings. The minimum atomic E-state index is 0.0856. The highest BCUT2D eigenvalue weighted by Crippen LogP contribution is 2.29. The Hall–Kier alpha value is -1.18. The number of phenolic OH excluding ortho intramolecular Hbond substituents is 1. The second kappa shape index (κ2) is 5.78. The highest BCUT2D eigenvalue weighted by molar-refractivity contribution is 5.56. The molecule has 0 bridgehead atoms. The summed E-state index contributed by atoms with van der Waals surface area (Å²) in [5, 5.41) is 13.2. The number of phenols is 1. The lowest BCUT2D eigenvalue weighted by molar-refractivity contribution is 0.421. The molecule has 0 amide bonds. The Morgan fingerprint density at radius 2 is 1.69 bits per heavy atom. The van der Waals surface area contributed by atoms with Gasteiger partial charge in [-0.25, -0.2) is 0 Å². The minimum absolute atomic E-state index is 0.0856. The van der Waals surface area contributed by atoms with Crippen molar-refractivity contribution in [3.05, 3.63) is 24.3 Å². The fraction of sp³-hybridized carbons (Fsp3) is 0.571. The molecule has 0 radical (unpaired) electrons. The fourth-order valence-corrected chi connectivity index (χ4v) is 2.26. The van der Waals surface area contributed by atoms with Gasteiger partial charge in [-0.3, -0.25) is 0 Å². The van der Waals surface area contributed by atoms with Crippen molar-refractivity contribution in [1.29, 1.82) is 0 Å². The second-order valence-corrected chi connectivity index (χ2v) is 4.70. The smallest absolute Gasteiger partial charge is 0.138 e. The lowest BCUT2D eigenvalue weighted by Crippen LogP contribution is -2.34. The third-order valence-corrected chi connectivity index (χ3v) is 2.94. The van der Waals surface area contributed by atoms with E-state index < -0.39 is 0 Å². The van der Waals surface area contributed by atoms with Crippen LogP contribution in [0.4, 0.5) is 5.69 Å². The van der Waals surface area contributed by atoms with Crippen LogP contribution in [0.15, 0.2) is 24.3 Å². The molecule has 1 aromatic carbocycles. The van der Waals surface area contributed by atoms with Crippen molar-refractivity contribution in [3.63, 3.8) is 0 Å². The van der Waals surface area contributed by atoms with E-state index in [-0.39, 0.29) is 5.54 Å². The molecule has 90 valence electrons. The highest BCUT2D eigenvalue weighted by Gasteiger charge is 2.22. The zero-order valence-electron chi connectivity index (χ0n) is 10.6. The minimum Gasteiger partial charge on any atom is -0.506 e. The van der Waals surface area contributed by atoms with Crippen LogP contribution in [0.25, 0.3) is 0 Å².